The molecular weight excluding hydrogens is 649 g/mol. The molecule has 0 heterocycles. The van der Waals surface area contributed by atoms with Gasteiger partial charge in [-0.1, -0.05) is 154 Å². The minimum atomic E-state index is -4.52. The second-order valence-corrected chi connectivity index (χ2v) is 16.8. The van der Waals surface area contributed by atoms with Crippen LogP contribution in [0.25, 0.3) is 0 Å². The summed E-state index contributed by atoms with van der Waals surface area (Å²) in [7, 11) is 1.36. The van der Waals surface area contributed by atoms with E-state index in [1.165, 1.54) is 122 Å². The van der Waals surface area contributed by atoms with Crippen LogP contribution in [-0.2, 0) is 27.9 Å². The SMILES string of the molecule is CCCCCCCCC/C=C\CCCCCCCC(=O)OC(COCCCCCCCCCCCCCC)COP(=O)([O-])OCC[N+](C)(C)C. The lowest BCUT2D eigenvalue weighted by molar-refractivity contribution is -0.870. The summed E-state index contributed by atoms with van der Waals surface area (Å²) in [4.78, 5) is 25.0. The molecule has 2 unspecified atom stereocenters. The lowest BCUT2D eigenvalue weighted by Crippen LogP contribution is -2.37. The number of esters is 1. The number of carbonyl (C=O) groups excluding carboxylic acids is 1. The molecule has 0 aromatic heterocycles. The number of ether oxygens (including phenoxy) is 2. The first-order valence-corrected chi connectivity index (χ1v) is 22.4. The molecule has 0 saturated carbocycles. The minimum absolute atomic E-state index is 0.0275. The van der Waals surface area contributed by atoms with Crippen LogP contribution in [0.1, 0.15) is 187 Å². The summed E-state index contributed by atoms with van der Waals surface area (Å²) < 4.78 is 34.5. The molecule has 0 spiro atoms. The standard InChI is InChI=1S/C41H82NO7P/c1-6-8-10-12-14-16-18-20-21-22-23-24-26-28-30-32-34-41(43)49-40(39-48-50(44,45)47-37-35-42(3,4)5)38-46-36-33-31-29-27-25-19-17-15-13-11-9-7-2/h21-22,40H,6-20,23-39H2,1-5H3/b22-21-. The van der Waals surface area contributed by atoms with Gasteiger partial charge in [-0.15, -0.1) is 0 Å². The van der Waals surface area contributed by atoms with Crippen LogP contribution in [0.3, 0.4) is 0 Å². The highest BCUT2D eigenvalue weighted by Crippen LogP contribution is 2.38. The molecule has 0 aliphatic heterocycles. The van der Waals surface area contributed by atoms with Gasteiger partial charge in [-0.05, 0) is 38.5 Å². The van der Waals surface area contributed by atoms with Crippen molar-refractivity contribution < 1.29 is 37.3 Å². The third-order valence-electron chi connectivity index (χ3n) is 9.07. The van der Waals surface area contributed by atoms with Gasteiger partial charge < -0.3 is 27.9 Å². The van der Waals surface area contributed by atoms with Crippen molar-refractivity contribution in [3.8, 4) is 0 Å². The van der Waals surface area contributed by atoms with Crippen molar-refractivity contribution in [1.29, 1.82) is 0 Å². The number of phosphoric acid groups is 1. The first kappa shape index (κ1) is 49.2. The first-order valence-electron chi connectivity index (χ1n) is 20.9. The van der Waals surface area contributed by atoms with Gasteiger partial charge in [0.05, 0.1) is 34.4 Å². The Kier molecular flexibility index (Phi) is 34.7. The summed E-state index contributed by atoms with van der Waals surface area (Å²) in [5, 5.41) is 0. The van der Waals surface area contributed by atoms with Crippen LogP contribution in [0.2, 0.25) is 0 Å². The number of allylic oxidation sites excluding steroid dienone is 2. The highest BCUT2D eigenvalue weighted by atomic mass is 31.2. The smallest absolute Gasteiger partial charge is 0.306 e. The molecular formula is C41H82NO7P. The van der Waals surface area contributed by atoms with Crippen LogP contribution in [0.15, 0.2) is 12.2 Å². The number of likely N-dealkylation sites (N-methyl/N-ethyl adjacent to an activating group) is 1. The number of quaternary nitrogens is 1. The number of rotatable bonds is 39. The molecule has 0 aliphatic rings. The Hall–Kier alpha value is -0.760. The number of unbranched alkanes of at least 4 members (excludes halogenated alkanes) is 23. The predicted octanol–water partition coefficient (Wildman–Crippen LogP) is 11.3. The van der Waals surface area contributed by atoms with E-state index in [0.717, 1.165) is 44.9 Å². The highest BCUT2D eigenvalue weighted by Gasteiger charge is 2.20. The van der Waals surface area contributed by atoms with Crippen LogP contribution in [0.5, 0.6) is 0 Å². The molecule has 0 rings (SSSR count). The Morgan fingerprint density at radius 2 is 1.04 bits per heavy atom. The molecule has 0 aromatic rings. The average Bonchev–Trinajstić information content (AvgIpc) is 3.06. The Morgan fingerprint density at radius 1 is 0.600 bits per heavy atom. The average molecular weight is 732 g/mol. The second kappa shape index (κ2) is 35.3. The maximum atomic E-state index is 12.6. The first-order chi connectivity index (χ1) is 24.1. The zero-order chi connectivity index (χ0) is 37.0. The maximum Gasteiger partial charge on any atom is 0.306 e. The highest BCUT2D eigenvalue weighted by molar-refractivity contribution is 7.45. The fraction of sp³-hybridized carbons (Fsp3) is 0.927. The summed E-state index contributed by atoms with van der Waals surface area (Å²) in [5.41, 5.74) is 0. The molecule has 2 atom stereocenters. The molecule has 50 heavy (non-hydrogen) atoms. The molecule has 298 valence electrons. The number of phosphoric ester groups is 1. The van der Waals surface area contributed by atoms with Crippen molar-refractivity contribution in [2.24, 2.45) is 0 Å². The molecule has 9 heteroatoms. The van der Waals surface area contributed by atoms with Gasteiger partial charge in [-0.2, -0.15) is 0 Å². The van der Waals surface area contributed by atoms with Crippen molar-refractivity contribution in [2.45, 2.75) is 193 Å². The number of carbonyl (C=O) groups is 1. The Balaban J connectivity index is 4.25. The third kappa shape index (κ3) is 38.5. The van der Waals surface area contributed by atoms with Gasteiger partial charge in [0.15, 0.2) is 0 Å². The fourth-order valence-electron chi connectivity index (χ4n) is 5.78. The predicted molar refractivity (Wildman–Crippen MR) is 208 cm³/mol. The molecule has 0 amide bonds. The van der Waals surface area contributed by atoms with E-state index in [1.54, 1.807) is 0 Å². The van der Waals surface area contributed by atoms with Crippen LogP contribution >= 0.6 is 7.82 Å². The lowest BCUT2D eigenvalue weighted by Gasteiger charge is -2.28. The van der Waals surface area contributed by atoms with Gasteiger partial charge in [0.2, 0.25) is 0 Å². The summed E-state index contributed by atoms with van der Waals surface area (Å²) in [6, 6.07) is 0. The normalized spacial score (nSPS) is 14.0. The Bertz CT molecular complexity index is 817. The topological polar surface area (TPSA) is 94.1 Å². The molecule has 0 fully saturated rings. The Labute approximate surface area is 310 Å². The van der Waals surface area contributed by atoms with Gasteiger partial charge in [0.25, 0.3) is 7.82 Å². The van der Waals surface area contributed by atoms with E-state index in [4.69, 9.17) is 18.5 Å². The van der Waals surface area contributed by atoms with Crippen molar-refractivity contribution in [2.75, 3.05) is 54.1 Å². The summed E-state index contributed by atoms with van der Waals surface area (Å²) >= 11 is 0. The van der Waals surface area contributed by atoms with Gasteiger partial charge in [0, 0.05) is 13.0 Å². The van der Waals surface area contributed by atoms with Crippen LogP contribution < -0.4 is 4.89 Å². The van der Waals surface area contributed by atoms with Gasteiger partial charge >= 0.3 is 5.97 Å². The van der Waals surface area contributed by atoms with E-state index in [2.05, 4.69) is 26.0 Å². The van der Waals surface area contributed by atoms with Crippen LogP contribution in [-0.4, -0.2) is 70.7 Å². The number of hydrogen-bond donors (Lipinski definition) is 0. The van der Waals surface area contributed by atoms with Crippen molar-refractivity contribution in [3.63, 3.8) is 0 Å². The molecule has 0 radical (unpaired) electrons. The molecule has 0 N–H and O–H groups in total. The lowest BCUT2D eigenvalue weighted by atomic mass is 10.1. The van der Waals surface area contributed by atoms with Gasteiger partial charge in [-0.25, -0.2) is 0 Å². The quantitative estimate of drug-likeness (QED) is 0.0204. The van der Waals surface area contributed by atoms with E-state index in [-0.39, 0.29) is 25.8 Å². The molecule has 0 saturated heterocycles. The zero-order valence-electron chi connectivity index (χ0n) is 33.6. The number of hydrogen-bond acceptors (Lipinski definition) is 7. The summed E-state index contributed by atoms with van der Waals surface area (Å²) in [6.45, 7) is 5.42. The number of nitrogens with zero attached hydrogens (tertiary/aromatic N) is 1. The van der Waals surface area contributed by atoms with E-state index >= 15 is 0 Å². The van der Waals surface area contributed by atoms with Crippen molar-refractivity contribution in [1.82, 2.24) is 0 Å². The van der Waals surface area contributed by atoms with E-state index in [0.29, 0.717) is 24.1 Å². The summed E-state index contributed by atoms with van der Waals surface area (Å²) in [6.07, 6.45) is 36.4. The van der Waals surface area contributed by atoms with Crippen LogP contribution in [0.4, 0.5) is 0 Å². The van der Waals surface area contributed by atoms with E-state index in [9.17, 15) is 14.3 Å². The largest absolute Gasteiger partial charge is 0.756 e. The van der Waals surface area contributed by atoms with E-state index < -0.39 is 13.9 Å². The molecule has 0 aliphatic carbocycles. The minimum Gasteiger partial charge on any atom is -0.756 e. The van der Waals surface area contributed by atoms with Gasteiger partial charge in [-0.3, -0.25) is 9.36 Å². The van der Waals surface area contributed by atoms with E-state index in [1.807, 2.05) is 21.1 Å². The van der Waals surface area contributed by atoms with Crippen molar-refractivity contribution >= 4 is 13.8 Å². The fourth-order valence-corrected chi connectivity index (χ4v) is 6.50. The molecule has 0 bridgehead atoms. The monoisotopic (exact) mass is 732 g/mol. The second-order valence-electron chi connectivity index (χ2n) is 15.4. The van der Waals surface area contributed by atoms with Gasteiger partial charge in [0.1, 0.15) is 19.3 Å². The maximum absolute atomic E-state index is 12.6. The molecule has 8 nitrogen and oxygen atoms in total. The third-order valence-corrected chi connectivity index (χ3v) is 10.0. The van der Waals surface area contributed by atoms with Crippen molar-refractivity contribution in [3.05, 3.63) is 12.2 Å². The zero-order valence-corrected chi connectivity index (χ0v) is 34.5. The summed E-state index contributed by atoms with van der Waals surface area (Å²) in [5.74, 6) is -0.340. The van der Waals surface area contributed by atoms with Crippen LogP contribution in [0, 0.1) is 0 Å². The molecule has 0 aromatic carbocycles. The Morgan fingerprint density at radius 3 is 1.52 bits per heavy atom.